The zero-order valence-corrected chi connectivity index (χ0v) is 11.0. The van der Waals surface area contributed by atoms with Crippen LogP contribution >= 0.6 is 0 Å². The molecule has 0 radical (unpaired) electrons. The van der Waals surface area contributed by atoms with Crippen molar-refractivity contribution in [2.24, 2.45) is 0 Å². The molecule has 2 aromatic carbocycles. The van der Waals surface area contributed by atoms with E-state index in [0.29, 0.717) is 0 Å². The first-order chi connectivity index (χ1) is 9.93. The van der Waals surface area contributed by atoms with Gasteiger partial charge in [-0.3, -0.25) is 5.10 Å². The average Bonchev–Trinajstić information content (AvgIpc) is 3.03. The maximum Gasteiger partial charge on any atom is 0.0565 e. The van der Waals surface area contributed by atoms with E-state index in [4.69, 9.17) is 0 Å². The highest BCUT2D eigenvalue weighted by molar-refractivity contribution is 5.65. The van der Waals surface area contributed by atoms with E-state index in [1.807, 2.05) is 54.9 Å². The Bertz CT molecular complexity index is 647. The van der Waals surface area contributed by atoms with E-state index in [-0.39, 0.29) is 0 Å². The minimum Gasteiger partial charge on any atom is -0.321 e. The number of aromatic nitrogens is 2. The molecule has 0 amide bonds. The number of hydrazine groups is 1. The van der Waals surface area contributed by atoms with Gasteiger partial charge in [0.15, 0.2) is 0 Å². The number of H-pyrrole nitrogens is 1. The third-order valence-electron chi connectivity index (χ3n) is 3.11. The van der Waals surface area contributed by atoms with Crippen molar-refractivity contribution in [3.05, 3.63) is 72.6 Å². The first-order valence-electron chi connectivity index (χ1n) is 6.54. The lowest BCUT2D eigenvalue weighted by atomic mass is 10.0. The second-order valence-electron chi connectivity index (χ2n) is 4.49. The van der Waals surface area contributed by atoms with Crippen LogP contribution in [0.3, 0.4) is 0 Å². The molecule has 0 fully saturated rings. The lowest BCUT2D eigenvalue weighted by Crippen LogP contribution is -2.21. The normalized spacial score (nSPS) is 10.4. The highest BCUT2D eigenvalue weighted by Gasteiger charge is 2.04. The van der Waals surface area contributed by atoms with Crippen molar-refractivity contribution in [1.29, 1.82) is 0 Å². The summed E-state index contributed by atoms with van der Waals surface area (Å²) in [6, 6.07) is 18.3. The van der Waals surface area contributed by atoms with Crippen LogP contribution in [0.5, 0.6) is 0 Å². The average molecular weight is 264 g/mol. The molecule has 0 aliphatic heterocycles. The van der Waals surface area contributed by atoms with Crippen molar-refractivity contribution in [2.45, 2.75) is 6.54 Å². The van der Waals surface area contributed by atoms with Gasteiger partial charge < -0.3 is 5.43 Å². The van der Waals surface area contributed by atoms with Gasteiger partial charge in [0.05, 0.1) is 6.20 Å². The fourth-order valence-electron chi connectivity index (χ4n) is 2.12. The second-order valence-corrected chi connectivity index (χ2v) is 4.49. The summed E-state index contributed by atoms with van der Waals surface area (Å²) < 4.78 is 0. The Morgan fingerprint density at radius 1 is 0.950 bits per heavy atom. The molecule has 0 spiro atoms. The molecule has 0 atom stereocenters. The zero-order valence-electron chi connectivity index (χ0n) is 11.0. The molecular weight excluding hydrogens is 248 g/mol. The number of para-hydroxylation sites is 1. The summed E-state index contributed by atoms with van der Waals surface area (Å²) in [4.78, 5) is 0. The first kappa shape index (κ1) is 12.4. The minimum atomic E-state index is 0.732. The van der Waals surface area contributed by atoms with Gasteiger partial charge in [-0.25, -0.2) is 5.43 Å². The standard InChI is InChI=1S/C16H16N4/c1-2-7-15(8-3-1)20-19-10-13-6-4-5-9-16(13)14-11-17-18-12-14/h1-9,11-12,19-20H,10H2,(H,17,18). The highest BCUT2D eigenvalue weighted by Crippen LogP contribution is 2.22. The van der Waals surface area contributed by atoms with Crippen LogP contribution in [0.15, 0.2) is 67.0 Å². The van der Waals surface area contributed by atoms with Gasteiger partial charge in [0.1, 0.15) is 0 Å². The Kier molecular flexibility index (Phi) is 3.76. The Morgan fingerprint density at radius 3 is 2.55 bits per heavy atom. The topological polar surface area (TPSA) is 52.7 Å². The summed E-state index contributed by atoms with van der Waals surface area (Å²) in [5.74, 6) is 0. The molecule has 3 rings (SSSR count). The van der Waals surface area contributed by atoms with Crippen molar-refractivity contribution in [2.75, 3.05) is 5.43 Å². The molecular formula is C16H16N4. The molecule has 20 heavy (non-hydrogen) atoms. The summed E-state index contributed by atoms with van der Waals surface area (Å²) >= 11 is 0. The summed E-state index contributed by atoms with van der Waals surface area (Å²) in [7, 11) is 0. The summed E-state index contributed by atoms with van der Waals surface area (Å²) in [5.41, 5.74) is 11.0. The van der Waals surface area contributed by atoms with Crippen LogP contribution in [-0.4, -0.2) is 10.2 Å². The predicted molar refractivity (Wildman–Crippen MR) is 80.9 cm³/mol. The lowest BCUT2D eigenvalue weighted by molar-refractivity contribution is 0.803. The van der Waals surface area contributed by atoms with Crippen molar-refractivity contribution < 1.29 is 0 Å². The number of rotatable bonds is 5. The second kappa shape index (κ2) is 6.04. The molecule has 0 aliphatic carbocycles. The maximum absolute atomic E-state index is 4.01. The largest absolute Gasteiger partial charge is 0.321 e. The number of hydrogen-bond acceptors (Lipinski definition) is 3. The number of nitrogens with zero attached hydrogens (tertiary/aromatic N) is 1. The van der Waals surface area contributed by atoms with Crippen LogP contribution in [-0.2, 0) is 6.54 Å². The maximum atomic E-state index is 4.01. The van der Waals surface area contributed by atoms with Crippen molar-refractivity contribution in [1.82, 2.24) is 15.6 Å². The van der Waals surface area contributed by atoms with E-state index in [1.165, 1.54) is 11.1 Å². The molecule has 1 heterocycles. The van der Waals surface area contributed by atoms with Crippen LogP contribution in [0.4, 0.5) is 5.69 Å². The van der Waals surface area contributed by atoms with Gasteiger partial charge in [0.2, 0.25) is 0 Å². The summed E-state index contributed by atoms with van der Waals surface area (Å²) in [6.07, 6.45) is 3.74. The molecule has 3 N–H and O–H groups in total. The van der Waals surface area contributed by atoms with Gasteiger partial charge >= 0.3 is 0 Å². The van der Waals surface area contributed by atoms with Gasteiger partial charge in [-0.15, -0.1) is 0 Å². The molecule has 4 heteroatoms. The zero-order chi connectivity index (χ0) is 13.6. The van der Waals surface area contributed by atoms with Crippen molar-refractivity contribution in [3.8, 4) is 11.1 Å². The van der Waals surface area contributed by atoms with E-state index in [1.54, 1.807) is 0 Å². The molecule has 0 unspecified atom stereocenters. The number of hydrogen-bond donors (Lipinski definition) is 3. The monoisotopic (exact) mass is 264 g/mol. The Morgan fingerprint density at radius 2 is 1.75 bits per heavy atom. The molecule has 4 nitrogen and oxygen atoms in total. The minimum absolute atomic E-state index is 0.732. The fourth-order valence-corrected chi connectivity index (χ4v) is 2.12. The quantitative estimate of drug-likeness (QED) is 0.620. The molecule has 0 aliphatic rings. The fraction of sp³-hybridized carbons (Fsp3) is 0.0625. The van der Waals surface area contributed by atoms with Crippen molar-refractivity contribution in [3.63, 3.8) is 0 Å². The van der Waals surface area contributed by atoms with Gasteiger partial charge in [-0.1, -0.05) is 42.5 Å². The predicted octanol–water partition coefficient (Wildman–Crippen LogP) is 3.19. The number of benzene rings is 2. The van der Waals surface area contributed by atoms with Crippen molar-refractivity contribution >= 4 is 5.69 Å². The molecule has 100 valence electrons. The summed E-state index contributed by atoms with van der Waals surface area (Å²) in [5, 5.41) is 6.86. The highest BCUT2D eigenvalue weighted by atomic mass is 15.3. The number of nitrogens with one attached hydrogen (secondary N) is 3. The van der Waals surface area contributed by atoms with E-state index >= 15 is 0 Å². The van der Waals surface area contributed by atoms with E-state index < -0.39 is 0 Å². The molecule has 3 aromatic rings. The van der Waals surface area contributed by atoms with Crippen LogP contribution in [0, 0.1) is 0 Å². The number of aromatic amines is 1. The third kappa shape index (κ3) is 2.87. The Hall–Kier alpha value is -2.59. The van der Waals surface area contributed by atoms with E-state index in [2.05, 4.69) is 33.2 Å². The summed E-state index contributed by atoms with van der Waals surface area (Å²) in [6.45, 7) is 0.732. The van der Waals surface area contributed by atoms with Crippen LogP contribution in [0.2, 0.25) is 0 Å². The smallest absolute Gasteiger partial charge is 0.0565 e. The SMILES string of the molecule is c1ccc(NNCc2ccccc2-c2cn[nH]c2)cc1. The van der Waals surface area contributed by atoms with Crippen LogP contribution in [0.25, 0.3) is 11.1 Å². The first-order valence-corrected chi connectivity index (χ1v) is 6.54. The number of anilines is 1. The van der Waals surface area contributed by atoms with Gasteiger partial charge in [-0.05, 0) is 23.3 Å². The lowest BCUT2D eigenvalue weighted by Gasteiger charge is -2.11. The molecule has 0 saturated heterocycles. The molecule has 0 bridgehead atoms. The van der Waals surface area contributed by atoms with Gasteiger partial charge in [0, 0.05) is 24.0 Å². The van der Waals surface area contributed by atoms with Gasteiger partial charge in [-0.2, -0.15) is 5.10 Å². The van der Waals surface area contributed by atoms with Crippen LogP contribution < -0.4 is 10.9 Å². The van der Waals surface area contributed by atoms with E-state index in [0.717, 1.165) is 17.8 Å². The Labute approximate surface area is 117 Å². The van der Waals surface area contributed by atoms with Gasteiger partial charge in [0.25, 0.3) is 0 Å². The molecule has 1 aromatic heterocycles. The van der Waals surface area contributed by atoms with E-state index in [9.17, 15) is 0 Å². The van der Waals surface area contributed by atoms with Crippen LogP contribution in [0.1, 0.15) is 5.56 Å². The third-order valence-corrected chi connectivity index (χ3v) is 3.11. The Balaban J connectivity index is 1.69. The molecule has 0 saturated carbocycles.